The molecule has 0 radical (unpaired) electrons. The monoisotopic (exact) mass is 553 g/mol. The van der Waals surface area contributed by atoms with Crippen LogP contribution in [0.3, 0.4) is 0 Å². The summed E-state index contributed by atoms with van der Waals surface area (Å²) < 4.78 is 6.68. The molecule has 3 aromatic carbocycles. The van der Waals surface area contributed by atoms with Gasteiger partial charge in [0.05, 0.1) is 15.2 Å². The predicted molar refractivity (Wildman–Crippen MR) is 133 cm³/mol. The van der Waals surface area contributed by atoms with Gasteiger partial charge >= 0.3 is 0 Å². The molecule has 0 spiro atoms. The van der Waals surface area contributed by atoms with Gasteiger partial charge in [0.1, 0.15) is 24.0 Å². The Morgan fingerprint density at radius 2 is 1.94 bits per heavy atom. The molecule has 5 nitrogen and oxygen atoms in total. The molecule has 0 heterocycles. The largest absolute Gasteiger partial charge is 0.488 e. The number of benzene rings is 3. The number of nitriles is 2. The van der Waals surface area contributed by atoms with Crippen LogP contribution in [0.25, 0.3) is 6.08 Å². The number of carbonyl (C=O) groups is 1. The van der Waals surface area contributed by atoms with E-state index >= 15 is 0 Å². The summed E-state index contributed by atoms with van der Waals surface area (Å²) in [6, 6.07) is 21.9. The zero-order chi connectivity index (χ0) is 23.1. The maximum Gasteiger partial charge on any atom is 0.266 e. The minimum atomic E-state index is -0.513. The molecule has 0 aliphatic heterocycles. The van der Waals surface area contributed by atoms with Crippen molar-refractivity contribution >= 4 is 51.9 Å². The summed E-state index contributed by atoms with van der Waals surface area (Å²) in [5, 5.41) is 22.0. The van der Waals surface area contributed by atoms with Crippen LogP contribution in [0.1, 0.15) is 22.3 Å². The fourth-order valence-electron chi connectivity index (χ4n) is 2.88. The van der Waals surface area contributed by atoms with Gasteiger partial charge in [-0.15, -0.1) is 0 Å². The van der Waals surface area contributed by atoms with Crippen molar-refractivity contribution in [2.45, 2.75) is 13.5 Å². The first-order valence-electron chi connectivity index (χ1n) is 9.51. The van der Waals surface area contributed by atoms with Gasteiger partial charge < -0.3 is 10.1 Å². The van der Waals surface area contributed by atoms with Crippen LogP contribution < -0.4 is 10.1 Å². The zero-order valence-electron chi connectivity index (χ0n) is 17.0. The molecule has 0 saturated heterocycles. The van der Waals surface area contributed by atoms with E-state index in [0.29, 0.717) is 27.6 Å². The van der Waals surface area contributed by atoms with Gasteiger partial charge in [0, 0.05) is 16.3 Å². The molecule has 0 fully saturated rings. The van der Waals surface area contributed by atoms with Crippen LogP contribution in [0.2, 0.25) is 5.02 Å². The van der Waals surface area contributed by atoms with E-state index in [2.05, 4.69) is 34.0 Å². The smallest absolute Gasteiger partial charge is 0.266 e. The maximum atomic E-state index is 12.6. The van der Waals surface area contributed by atoms with Crippen molar-refractivity contribution in [1.82, 2.24) is 0 Å². The van der Waals surface area contributed by atoms with Crippen LogP contribution >= 0.6 is 34.2 Å². The third-order valence-corrected chi connectivity index (χ3v) is 5.92. The Balaban J connectivity index is 1.75. The third-order valence-electron chi connectivity index (χ3n) is 4.67. The van der Waals surface area contributed by atoms with Gasteiger partial charge in [-0.05, 0) is 77.0 Å². The van der Waals surface area contributed by atoms with Crippen molar-refractivity contribution in [2.24, 2.45) is 0 Å². The van der Waals surface area contributed by atoms with Crippen LogP contribution in [0.5, 0.6) is 5.75 Å². The highest BCUT2D eigenvalue weighted by Crippen LogP contribution is 2.26. The summed E-state index contributed by atoms with van der Waals surface area (Å²) in [5.41, 5.74) is 3.31. The summed E-state index contributed by atoms with van der Waals surface area (Å²) >= 11 is 8.23. The molecule has 0 saturated carbocycles. The molecule has 3 aromatic rings. The Morgan fingerprint density at radius 3 is 2.66 bits per heavy atom. The van der Waals surface area contributed by atoms with Gasteiger partial charge in [-0.25, -0.2) is 0 Å². The maximum absolute atomic E-state index is 12.6. The first-order valence-corrected chi connectivity index (χ1v) is 11.0. The highest BCUT2D eigenvalue weighted by molar-refractivity contribution is 14.1. The zero-order valence-corrected chi connectivity index (χ0v) is 19.9. The summed E-state index contributed by atoms with van der Waals surface area (Å²) in [7, 11) is 0. The van der Waals surface area contributed by atoms with E-state index in [0.717, 1.165) is 14.7 Å². The van der Waals surface area contributed by atoms with Gasteiger partial charge in [-0.3, -0.25) is 4.79 Å². The van der Waals surface area contributed by atoms with E-state index in [-0.39, 0.29) is 12.2 Å². The number of hydrogen-bond donors (Lipinski definition) is 1. The first-order chi connectivity index (χ1) is 15.4. The second-order valence-corrected chi connectivity index (χ2v) is 8.35. The molecule has 0 aliphatic carbocycles. The minimum Gasteiger partial charge on any atom is -0.488 e. The second kappa shape index (κ2) is 10.8. The Hall–Kier alpha value is -3.33. The molecule has 158 valence electrons. The molecule has 0 unspecified atom stereocenters. The van der Waals surface area contributed by atoms with Crippen molar-refractivity contribution in [3.8, 4) is 17.9 Å². The number of rotatable bonds is 6. The fourth-order valence-corrected chi connectivity index (χ4v) is 3.75. The molecule has 0 aliphatic rings. The molecule has 7 heteroatoms. The van der Waals surface area contributed by atoms with Crippen molar-refractivity contribution in [2.75, 3.05) is 5.32 Å². The van der Waals surface area contributed by atoms with Gasteiger partial charge in [0.25, 0.3) is 5.91 Å². The summed E-state index contributed by atoms with van der Waals surface area (Å²) in [6.07, 6.45) is 1.52. The van der Waals surface area contributed by atoms with Gasteiger partial charge in [0.2, 0.25) is 0 Å². The second-order valence-electron chi connectivity index (χ2n) is 6.78. The molecule has 1 N–H and O–H groups in total. The number of ether oxygens (including phenoxy) is 1. The standard InChI is InChI=1S/C25H17ClIN3O2/c1-16-21(26)7-4-8-23(16)30-25(31)20(14-29)11-17-9-10-24(22(27)12-17)32-15-19-6-3-2-5-18(19)13-28/h2-12H,15H2,1H3,(H,30,31)/b20-11-. The van der Waals surface area contributed by atoms with E-state index < -0.39 is 5.91 Å². The Labute approximate surface area is 205 Å². The van der Waals surface area contributed by atoms with Crippen LogP contribution in [-0.2, 0) is 11.4 Å². The van der Waals surface area contributed by atoms with Crippen molar-refractivity contribution in [3.05, 3.63) is 97.1 Å². The Morgan fingerprint density at radius 1 is 1.16 bits per heavy atom. The molecule has 1 amide bonds. The number of nitrogens with zero attached hydrogens (tertiary/aromatic N) is 2. The van der Waals surface area contributed by atoms with Gasteiger partial charge in [-0.1, -0.05) is 41.9 Å². The lowest BCUT2D eigenvalue weighted by atomic mass is 10.1. The average Bonchev–Trinajstić information content (AvgIpc) is 2.80. The predicted octanol–water partition coefficient (Wildman–Crippen LogP) is 6.25. The van der Waals surface area contributed by atoms with E-state index in [1.54, 1.807) is 43.3 Å². The quantitative estimate of drug-likeness (QED) is 0.222. The van der Waals surface area contributed by atoms with E-state index in [9.17, 15) is 15.3 Å². The van der Waals surface area contributed by atoms with Crippen molar-refractivity contribution in [3.63, 3.8) is 0 Å². The Kier molecular flexibility index (Phi) is 7.88. The molecular weight excluding hydrogens is 537 g/mol. The number of halogens is 2. The van der Waals surface area contributed by atoms with E-state index in [4.69, 9.17) is 16.3 Å². The van der Waals surface area contributed by atoms with Gasteiger partial charge in [0.15, 0.2) is 0 Å². The number of anilines is 1. The van der Waals surface area contributed by atoms with Crippen LogP contribution in [0.15, 0.2) is 66.2 Å². The van der Waals surface area contributed by atoms with Gasteiger partial charge in [-0.2, -0.15) is 10.5 Å². The van der Waals surface area contributed by atoms with Crippen LogP contribution in [0, 0.1) is 33.2 Å². The first kappa shape index (κ1) is 23.3. The molecule has 32 heavy (non-hydrogen) atoms. The number of nitrogens with one attached hydrogen (secondary N) is 1. The van der Waals surface area contributed by atoms with Crippen LogP contribution in [0.4, 0.5) is 5.69 Å². The summed E-state index contributed by atoms with van der Waals surface area (Å²) in [6.45, 7) is 2.06. The van der Waals surface area contributed by atoms with Crippen molar-refractivity contribution < 1.29 is 9.53 Å². The normalized spacial score (nSPS) is 10.7. The molecular formula is C25H17ClIN3O2. The Bertz CT molecular complexity index is 1290. The van der Waals surface area contributed by atoms with E-state index in [1.165, 1.54) is 6.08 Å². The fraction of sp³-hybridized carbons (Fsp3) is 0.0800. The van der Waals surface area contributed by atoms with Crippen molar-refractivity contribution in [1.29, 1.82) is 10.5 Å². The third kappa shape index (κ3) is 5.67. The lowest BCUT2D eigenvalue weighted by molar-refractivity contribution is -0.112. The highest BCUT2D eigenvalue weighted by atomic mass is 127. The van der Waals surface area contributed by atoms with Crippen LogP contribution in [-0.4, -0.2) is 5.91 Å². The molecule has 0 aromatic heterocycles. The van der Waals surface area contributed by atoms with E-state index in [1.807, 2.05) is 30.3 Å². The molecule has 0 atom stereocenters. The lowest BCUT2D eigenvalue weighted by Gasteiger charge is -2.11. The minimum absolute atomic E-state index is 0.0307. The summed E-state index contributed by atoms with van der Waals surface area (Å²) in [4.78, 5) is 12.6. The summed E-state index contributed by atoms with van der Waals surface area (Å²) in [5.74, 6) is 0.134. The molecule has 0 bridgehead atoms. The average molecular weight is 554 g/mol. The highest BCUT2D eigenvalue weighted by Gasteiger charge is 2.13. The topological polar surface area (TPSA) is 85.9 Å². The number of carbonyl (C=O) groups excluding carboxylic acids is 1. The number of hydrogen-bond acceptors (Lipinski definition) is 4. The number of amides is 1. The molecule has 3 rings (SSSR count). The SMILES string of the molecule is Cc1c(Cl)cccc1NC(=O)/C(C#N)=C\c1ccc(OCc2ccccc2C#N)c(I)c1. The lowest BCUT2D eigenvalue weighted by Crippen LogP contribution is -2.14.